The summed E-state index contributed by atoms with van der Waals surface area (Å²) in [6.07, 6.45) is 3.59. The Labute approximate surface area is 165 Å². The summed E-state index contributed by atoms with van der Waals surface area (Å²) in [6.45, 7) is 6.16. The number of carboxylic acid groups (broad SMARTS) is 1. The van der Waals surface area contributed by atoms with E-state index in [1.807, 2.05) is 24.3 Å². The van der Waals surface area contributed by atoms with Gasteiger partial charge in [0.15, 0.2) is 0 Å². The van der Waals surface area contributed by atoms with Crippen LogP contribution in [-0.2, 0) is 0 Å². The molecule has 28 heavy (non-hydrogen) atoms. The molecule has 0 radical (unpaired) electrons. The number of benzene rings is 1. The molecule has 0 bridgehead atoms. The van der Waals surface area contributed by atoms with Crippen LogP contribution in [0.1, 0.15) is 37.0 Å². The first-order valence-electron chi connectivity index (χ1n) is 9.65. The SMILES string of the molecule is CC(C)(F)CN1CCC(COc2ccc(-c3ncccc3C(=O)O)cc2)CC1. The van der Waals surface area contributed by atoms with Crippen molar-refractivity contribution < 1.29 is 19.0 Å². The fraction of sp³-hybridized carbons (Fsp3) is 0.455. The number of aromatic carboxylic acids is 1. The van der Waals surface area contributed by atoms with Crippen LogP contribution in [-0.4, -0.2) is 52.9 Å². The summed E-state index contributed by atoms with van der Waals surface area (Å²) in [5.74, 6) is 0.225. The second-order valence-electron chi connectivity index (χ2n) is 7.98. The van der Waals surface area contributed by atoms with Crippen molar-refractivity contribution in [2.45, 2.75) is 32.4 Å². The van der Waals surface area contributed by atoms with Gasteiger partial charge in [0, 0.05) is 18.3 Å². The molecule has 5 nitrogen and oxygen atoms in total. The van der Waals surface area contributed by atoms with Crippen LogP contribution in [0.15, 0.2) is 42.6 Å². The molecule has 1 aromatic heterocycles. The maximum Gasteiger partial charge on any atom is 0.337 e. The van der Waals surface area contributed by atoms with Gasteiger partial charge in [0.05, 0.1) is 17.9 Å². The highest BCUT2D eigenvalue weighted by Crippen LogP contribution is 2.25. The zero-order valence-electron chi connectivity index (χ0n) is 16.4. The van der Waals surface area contributed by atoms with Gasteiger partial charge in [-0.3, -0.25) is 4.98 Å². The number of rotatable bonds is 7. The highest BCUT2D eigenvalue weighted by atomic mass is 19.1. The number of aromatic nitrogens is 1. The number of hydrogen-bond donors (Lipinski definition) is 1. The predicted molar refractivity (Wildman–Crippen MR) is 106 cm³/mol. The van der Waals surface area contributed by atoms with Crippen LogP contribution in [0.3, 0.4) is 0 Å². The molecule has 1 saturated heterocycles. The van der Waals surface area contributed by atoms with Gasteiger partial charge in [-0.1, -0.05) is 0 Å². The lowest BCUT2D eigenvalue weighted by Crippen LogP contribution is -2.41. The van der Waals surface area contributed by atoms with E-state index in [1.165, 1.54) is 0 Å². The molecule has 6 heteroatoms. The Morgan fingerprint density at radius 1 is 1.25 bits per heavy atom. The molecular formula is C22H27FN2O3. The molecule has 0 saturated carbocycles. The summed E-state index contributed by atoms with van der Waals surface area (Å²) < 4.78 is 19.7. The highest BCUT2D eigenvalue weighted by molar-refractivity contribution is 5.94. The van der Waals surface area contributed by atoms with Crippen molar-refractivity contribution in [1.82, 2.24) is 9.88 Å². The topological polar surface area (TPSA) is 62.7 Å². The molecule has 2 aromatic rings. The average Bonchev–Trinajstić information content (AvgIpc) is 2.67. The van der Waals surface area contributed by atoms with E-state index in [2.05, 4.69) is 9.88 Å². The van der Waals surface area contributed by atoms with E-state index in [1.54, 1.807) is 32.2 Å². The monoisotopic (exact) mass is 386 g/mol. The quantitative estimate of drug-likeness (QED) is 0.769. The number of piperidine rings is 1. The zero-order chi connectivity index (χ0) is 20.1. The molecule has 0 unspecified atom stereocenters. The molecule has 2 heterocycles. The third-order valence-electron chi connectivity index (χ3n) is 4.96. The second kappa shape index (κ2) is 8.69. The zero-order valence-corrected chi connectivity index (χ0v) is 16.4. The molecule has 1 aromatic carbocycles. The summed E-state index contributed by atoms with van der Waals surface area (Å²) in [7, 11) is 0. The number of ether oxygens (including phenoxy) is 1. The largest absolute Gasteiger partial charge is 0.493 e. The number of likely N-dealkylation sites (tertiary alicyclic amines) is 1. The van der Waals surface area contributed by atoms with Crippen molar-refractivity contribution >= 4 is 5.97 Å². The average molecular weight is 386 g/mol. The highest BCUT2D eigenvalue weighted by Gasteiger charge is 2.25. The van der Waals surface area contributed by atoms with E-state index >= 15 is 0 Å². The maximum absolute atomic E-state index is 13.8. The van der Waals surface area contributed by atoms with Gasteiger partial charge in [-0.05, 0) is 82.1 Å². The molecule has 3 rings (SSSR count). The van der Waals surface area contributed by atoms with Crippen LogP contribution < -0.4 is 4.74 Å². The Kier molecular flexibility index (Phi) is 6.29. The Hall–Kier alpha value is -2.47. The third kappa shape index (κ3) is 5.52. The number of carboxylic acids is 1. The van der Waals surface area contributed by atoms with Crippen molar-refractivity contribution in [3.8, 4) is 17.0 Å². The van der Waals surface area contributed by atoms with Gasteiger partial charge in [-0.25, -0.2) is 9.18 Å². The number of nitrogens with zero attached hydrogens (tertiary/aromatic N) is 2. The van der Waals surface area contributed by atoms with Gasteiger partial charge < -0.3 is 14.7 Å². The van der Waals surface area contributed by atoms with Gasteiger partial charge >= 0.3 is 5.97 Å². The van der Waals surface area contributed by atoms with Gasteiger partial charge in [0.25, 0.3) is 0 Å². The lowest BCUT2D eigenvalue weighted by Gasteiger charge is -2.34. The Bertz CT molecular complexity index is 794. The summed E-state index contributed by atoms with van der Waals surface area (Å²) in [4.78, 5) is 17.7. The summed E-state index contributed by atoms with van der Waals surface area (Å²) in [6, 6.07) is 10.5. The fourth-order valence-corrected chi connectivity index (χ4v) is 3.57. The number of alkyl halides is 1. The molecule has 1 aliphatic rings. The molecule has 0 atom stereocenters. The van der Waals surface area contributed by atoms with E-state index < -0.39 is 11.6 Å². The molecule has 0 amide bonds. The van der Waals surface area contributed by atoms with E-state index in [0.29, 0.717) is 24.8 Å². The smallest absolute Gasteiger partial charge is 0.337 e. The maximum atomic E-state index is 13.8. The normalized spacial score (nSPS) is 16.1. The summed E-state index contributed by atoms with van der Waals surface area (Å²) >= 11 is 0. The number of halogens is 1. The molecule has 0 spiro atoms. The van der Waals surface area contributed by atoms with Gasteiger partial charge in [0.2, 0.25) is 0 Å². The standard InChI is InChI=1S/C22H27FN2O3/c1-22(2,23)15-25-12-9-16(10-13-25)14-28-18-7-5-17(6-8-18)20-19(21(26)27)4-3-11-24-20/h3-8,11,16H,9-10,12-15H2,1-2H3,(H,26,27). The van der Waals surface area contributed by atoms with Crippen molar-refractivity contribution in [1.29, 1.82) is 0 Å². The molecule has 1 aliphatic heterocycles. The van der Waals surface area contributed by atoms with Gasteiger partial charge in [0.1, 0.15) is 11.4 Å². The summed E-state index contributed by atoms with van der Waals surface area (Å²) in [5, 5.41) is 9.30. The Balaban J connectivity index is 1.53. The van der Waals surface area contributed by atoms with Crippen LogP contribution in [0.2, 0.25) is 0 Å². The Morgan fingerprint density at radius 3 is 2.54 bits per heavy atom. The minimum absolute atomic E-state index is 0.180. The first kappa shape index (κ1) is 20.3. The number of hydrogen-bond acceptors (Lipinski definition) is 4. The number of carbonyl (C=O) groups is 1. The van der Waals surface area contributed by atoms with E-state index in [0.717, 1.165) is 37.2 Å². The van der Waals surface area contributed by atoms with Crippen molar-refractivity contribution in [3.05, 3.63) is 48.2 Å². The van der Waals surface area contributed by atoms with E-state index in [4.69, 9.17) is 4.74 Å². The first-order chi connectivity index (χ1) is 13.3. The molecule has 0 aliphatic carbocycles. The van der Waals surface area contributed by atoms with Crippen LogP contribution in [0.25, 0.3) is 11.3 Å². The van der Waals surface area contributed by atoms with Crippen LogP contribution in [0, 0.1) is 5.92 Å². The minimum atomic E-state index is -1.15. The number of pyridine rings is 1. The minimum Gasteiger partial charge on any atom is -0.493 e. The van der Waals surface area contributed by atoms with Crippen LogP contribution in [0.5, 0.6) is 5.75 Å². The van der Waals surface area contributed by atoms with Crippen LogP contribution >= 0.6 is 0 Å². The second-order valence-corrected chi connectivity index (χ2v) is 7.98. The van der Waals surface area contributed by atoms with Crippen molar-refractivity contribution in [2.75, 3.05) is 26.2 Å². The lowest BCUT2D eigenvalue weighted by atomic mass is 9.97. The summed E-state index contributed by atoms with van der Waals surface area (Å²) in [5.41, 5.74) is 0.218. The van der Waals surface area contributed by atoms with E-state index in [9.17, 15) is 14.3 Å². The molecule has 150 valence electrons. The van der Waals surface area contributed by atoms with E-state index in [-0.39, 0.29) is 5.56 Å². The first-order valence-corrected chi connectivity index (χ1v) is 9.65. The van der Waals surface area contributed by atoms with Gasteiger partial charge in [-0.2, -0.15) is 0 Å². The van der Waals surface area contributed by atoms with Crippen molar-refractivity contribution in [2.24, 2.45) is 5.92 Å². The molecular weight excluding hydrogens is 359 g/mol. The Morgan fingerprint density at radius 2 is 1.93 bits per heavy atom. The predicted octanol–water partition coefficient (Wildman–Crippen LogP) is 4.29. The lowest BCUT2D eigenvalue weighted by molar-refractivity contribution is 0.0697. The van der Waals surface area contributed by atoms with Gasteiger partial charge in [-0.15, -0.1) is 0 Å². The fourth-order valence-electron chi connectivity index (χ4n) is 3.57. The van der Waals surface area contributed by atoms with Crippen molar-refractivity contribution in [3.63, 3.8) is 0 Å². The molecule has 1 N–H and O–H groups in total. The van der Waals surface area contributed by atoms with Crippen LogP contribution in [0.4, 0.5) is 4.39 Å². The third-order valence-corrected chi connectivity index (χ3v) is 4.96. The molecule has 1 fully saturated rings.